The second-order valence-electron chi connectivity index (χ2n) is 5.32. The van der Waals surface area contributed by atoms with Gasteiger partial charge in [0.2, 0.25) is 0 Å². The lowest BCUT2D eigenvalue weighted by molar-refractivity contribution is -0.112. The van der Waals surface area contributed by atoms with Crippen molar-refractivity contribution >= 4 is 0 Å². The van der Waals surface area contributed by atoms with Gasteiger partial charge in [0.25, 0.3) is 0 Å². The highest BCUT2D eigenvalue weighted by Gasteiger charge is 2.38. The van der Waals surface area contributed by atoms with Crippen LogP contribution in [-0.2, 0) is 17.6 Å². The fourth-order valence-electron chi connectivity index (χ4n) is 2.72. The topological polar surface area (TPSA) is 9.23 Å². The number of rotatable bonds is 4. The summed E-state index contributed by atoms with van der Waals surface area (Å²) in [6.07, 6.45) is 2.23. The first kappa shape index (κ1) is 11.5. The molecule has 3 rings (SSSR count). The molecule has 2 aromatic rings. The van der Waals surface area contributed by atoms with Crippen LogP contribution in [0.1, 0.15) is 11.1 Å². The van der Waals surface area contributed by atoms with Crippen molar-refractivity contribution in [1.82, 2.24) is 0 Å². The zero-order valence-corrected chi connectivity index (χ0v) is 10.5. The van der Waals surface area contributed by atoms with Gasteiger partial charge in [0, 0.05) is 5.41 Å². The zero-order chi connectivity index (χ0) is 12.3. The predicted molar refractivity (Wildman–Crippen MR) is 73.5 cm³/mol. The minimum absolute atomic E-state index is 0.308. The van der Waals surface area contributed by atoms with Crippen molar-refractivity contribution in [3.63, 3.8) is 0 Å². The Morgan fingerprint density at radius 3 is 1.50 bits per heavy atom. The Labute approximate surface area is 108 Å². The number of benzene rings is 2. The summed E-state index contributed by atoms with van der Waals surface area (Å²) in [6.45, 7) is 1.77. The lowest BCUT2D eigenvalue weighted by atomic mass is 9.75. The summed E-state index contributed by atoms with van der Waals surface area (Å²) in [6, 6.07) is 21.5. The smallest absolute Gasteiger partial charge is 0.0551 e. The molecule has 1 aliphatic heterocycles. The van der Waals surface area contributed by atoms with Gasteiger partial charge in [0.15, 0.2) is 0 Å². The SMILES string of the molecule is c1ccc(CC2(Cc3ccccc3)COC2)cc1. The fourth-order valence-corrected chi connectivity index (χ4v) is 2.72. The van der Waals surface area contributed by atoms with Gasteiger partial charge < -0.3 is 4.74 Å². The highest BCUT2D eigenvalue weighted by molar-refractivity contribution is 5.21. The highest BCUT2D eigenvalue weighted by Crippen LogP contribution is 2.35. The second-order valence-corrected chi connectivity index (χ2v) is 5.32. The summed E-state index contributed by atoms with van der Waals surface area (Å²) in [7, 11) is 0. The van der Waals surface area contributed by atoms with Gasteiger partial charge in [-0.15, -0.1) is 0 Å². The van der Waals surface area contributed by atoms with E-state index in [0.717, 1.165) is 26.1 Å². The van der Waals surface area contributed by atoms with Crippen molar-refractivity contribution in [3.8, 4) is 0 Å². The number of hydrogen-bond donors (Lipinski definition) is 0. The molecule has 1 fully saturated rings. The maximum atomic E-state index is 5.48. The molecule has 0 aliphatic carbocycles. The summed E-state index contributed by atoms with van der Waals surface area (Å²) in [4.78, 5) is 0. The van der Waals surface area contributed by atoms with Crippen LogP contribution in [-0.4, -0.2) is 13.2 Å². The van der Waals surface area contributed by atoms with Crippen LogP contribution < -0.4 is 0 Å². The molecule has 1 nitrogen and oxygen atoms in total. The first-order valence-corrected chi connectivity index (χ1v) is 6.52. The van der Waals surface area contributed by atoms with E-state index < -0.39 is 0 Å². The Hall–Kier alpha value is -1.60. The van der Waals surface area contributed by atoms with Crippen molar-refractivity contribution in [3.05, 3.63) is 71.8 Å². The minimum Gasteiger partial charge on any atom is -0.380 e. The third-order valence-electron chi connectivity index (χ3n) is 3.66. The van der Waals surface area contributed by atoms with Gasteiger partial charge in [-0.2, -0.15) is 0 Å². The number of ether oxygens (including phenoxy) is 1. The molecule has 0 bridgehead atoms. The van der Waals surface area contributed by atoms with Crippen LogP contribution in [0, 0.1) is 5.41 Å². The largest absolute Gasteiger partial charge is 0.380 e. The highest BCUT2D eigenvalue weighted by atomic mass is 16.5. The van der Waals surface area contributed by atoms with Crippen molar-refractivity contribution in [2.24, 2.45) is 5.41 Å². The van der Waals surface area contributed by atoms with Crippen LogP contribution >= 0.6 is 0 Å². The van der Waals surface area contributed by atoms with Gasteiger partial charge in [-0.05, 0) is 24.0 Å². The Kier molecular flexibility index (Phi) is 3.16. The standard InChI is InChI=1S/C17H18O/c1-3-7-15(8-4-1)11-17(13-18-14-17)12-16-9-5-2-6-10-16/h1-10H,11-14H2. The molecule has 0 amide bonds. The van der Waals surface area contributed by atoms with Crippen LogP contribution in [0.25, 0.3) is 0 Å². The molecule has 18 heavy (non-hydrogen) atoms. The van der Waals surface area contributed by atoms with Crippen LogP contribution in [0.3, 0.4) is 0 Å². The van der Waals surface area contributed by atoms with Gasteiger partial charge in [-0.1, -0.05) is 60.7 Å². The van der Waals surface area contributed by atoms with Crippen LogP contribution in [0.15, 0.2) is 60.7 Å². The van der Waals surface area contributed by atoms with Gasteiger partial charge in [0.05, 0.1) is 13.2 Å². The van der Waals surface area contributed by atoms with E-state index in [1.807, 2.05) is 0 Å². The van der Waals surface area contributed by atoms with Crippen LogP contribution in [0.2, 0.25) is 0 Å². The molecule has 0 saturated carbocycles. The van der Waals surface area contributed by atoms with E-state index in [1.165, 1.54) is 11.1 Å². The molecular weight excluding hydrogens is 220 g/mol. The van der Waals surface area contributed by atoms with Crippen LogP contribution in [0.4, 0.5) is 0 Å². The van der Waals surface area contributed by atoms with E-state index in [2.05, 4.69) is 60.7 Å². The Balaban J connectivity index is 1.75. The molecular formula is C17H18O. The molecule has 0 spiro atoms. The van der Waals surface area contributed by atoms with E-state index in [9.17, 15) is 0 Å². The molecule has 0 radical (unpaired) electrons. The molecule has 0 N–H and O–H groups in total. The molecule has 1 aliphatic rings. The van der Waals surface area contributed by atoms with Crippen molar-refractivity contribution < 1.29 is 4.74 Å². The predicted octanol–water partition coefficient (Wildman–Crippen LogP) is 3.49. The minimum atomic E-state index is 0.308. The molecule has 2 aromatic carbocycles. The first-order chi connectivity index (χ1) is 8.86. The molecule has 0 aromatic heterocycles. The zero-order valence-electron chi connectivity index (χ0n) is 10.5. The summed E-state index contributed by atoms with van der Waals surface area (Å²) in [5.41, 5.74) is 3.14. The lowest BCUT2D eigenvalue weighted by Gasteiger charge is -2.42. The third kappa shape index (κ3) is 2.46. The normalized spacial score (nSPS) is 17.1. The second kappa shape index (κ2) is 4.95. The molecule has 1 saturated heterocycles. The van der Waals surface area contributed by atoms with Gasteiger partial charge >= 0.3 is 0 Å². The summed E-state index contributed by atoms with van der Waals surface area (Å²) < 4.78 is 5.48. The summed E-state index contributed by atoms with van der Waals surface area (Å²) in [5.74, 6) is 0. The quantitative estimate of drug-likeness (QED) is 0.792. The van der Waals surface area contributed by atoms with E-state index in [1.54, 1.807) is 0 Å². The monoisotopic (exact) mass is 238 g/mol. The van der Waals surface area contributed by atoms with Crippen molar-refractivity contribution in [2.75, 3.05) is 13.2 Å². The van der Waals surface area contributed by atoms with E-state index in [0.29, 0.717) is 5.41 Å². The maximum absolute atomic E-state index is 5.48. The van der Waals surface area contributed by atoms with Gasteiger partial charge in [-0.3, -0.25) is 0 Å². The number of hydrogen-bond acceptors (Lipinski definition) is 1. The van der Waals surface area contributed by atoms with Gasteiger partial charge in [-0.25, -0.2) is 0 Å². The Bertz CT molecular complexity index is 442. The molecule has 1 heteroatoms. The van der Waals surface area contributed by atoms with E-state index in [-0.39, 0.29) is 0 Å². The molecule has 1 heterocycles. The van der Waals surface area contributed by atoms with Gasteiger partial charge in [0.1, 0.15) is 0 Å². The Morgan fingerprint density at radius 2 is 1.17 bits per heavy atom. The average molecular weight is 238 g/mol. The first-order valence-electron chi connectivity index (χ1n) is 6.52. The fraction of sp³-hybridized carbons (Fsp3) is 0.294. The summed E-state index contributed by atoms with van der Waals surface area (Å²) in [5, 5.41) is 0. The van der Waals surface area contributed by atoms with Crippen molar-refractivity contribution in [1.29, 1.82) is 0 Å². The third-order valence-corrected chi connectivity index (χ3v) is 3.66. The van der Waals surface area contributed by atoms with E-state index in [4.69, 9.17) is 4.74 Å². The van der Waals surface area contributed by atoms with Crippen LogP contribution in [0.5, 0.6) is 0 Å². The summed E-state index contributed by atoms with van der Waals surface area (Å²) >= 11 is 0. The average Bonchev–Trinajstić information content (AvgIpc) is 2.39. The van der Waals surface area contributed by atoms with Crippen molar-refractivity contribution in [2.45, 2.75) is 12.8 Å². The van der Waals surface area contributed by atoms with E-state index >= 15 is 0 Å². The maximum Gasteiger partial charge on any atom is 0.0551 e. The molecule has 0 unspecified atom stereocenters. The molecule has 92 valence electrons. The Morgan fingerprint density at radius 1 is 0.722 bits per heavy atom. The molecule has 0 atom stereocenters. The lowest BCUT2D eigenvalue weighted by Crippen LogP contribution is -2.46.